The highest BCUT2D eigenvalue weighted by Gasteiger charge is 2.14. The number of para-hydroxylation sites is 1. The number of benzene rings is 2. The molecule has 104 valence electrons. The summed E-state index contributed by atoms with van der Waals surface area (Å²) in [6.07, 6.45) is 0. The van der Waals surface area contributed by atoms with Crippen LogP contribution in [0.15, 0.2) is 48.5 Å². The molecule has 4 heteroatoms. The van der Waals surface area contributed by atoms with Crippen molar-refractivity contribution < 1.29 is 13.9 Å². The van der Waals surface area contributed by atoms with E-state index in [4.69, 9.17) is 4.74 Å². The second-order valence-electron chi connectivity index (χ2n) is 4.44. The molecule has 0 heterocycles. The Bertz CT molecular complexity index is 596. The molecule has 0 fully saturated rings. The summed E-state index contributed by atoms with van der Waals surface area (Å²) in [4.78, 5) is 12.1. The molecule has 0 saturated carbocycles. The van der Waals surface area contributed by atoms with Crippen molar-refractivity contribution in [3.63, 3.8) is 0 Å². The summed E-state index contributed by atoms with van der Waals surface area (Å²) in [6.45, 7) is 1.87. The number of hydrogen-bond donors (Lipinski definition) is 1. The van der Waals surface area contributed by atoms with Gasteiger partial charge in [-0.2, -0.15) is 0 Å². The molecular weight excluding hydrogens is 257 g/mol. The number of nitrogens with one attached hydrogen (secondary N) is 1. The van der Waals surface area contributed by atoms with E-state index in [1.54, 1.807) is 7.11 Å². The van der Waals surface area contributed by atoms with E-state index in [0.717, 1.165) is 11.3 Å². The summed E-state index contributed by atoms with van der Waals surface area (Å²) >= 11 is 0. The summed E-state index contributed by atoms with van der Waals surface area (Å²) in [5, 5.41) is 2.87. The Morgan fingerprint density at radius 1 is 1.15 bits per heavy atom. The molecule has 20 heavy (non-hydrogen) atoms. The molecule has 1 N–H and O–H groups in total. The number of ether oxygens (including phenoxy) is 1. The fourth-order valence-electron chi connectivity index (χ4n) is 1.98. The SMILES string of the molecule is COc1ccccc1C(C)NC(=O)c1ccc(F)cc1. The molecule has 3 nitrogen and oxygen atoms in total. The molecule has 2 aromatic carbocycles. The maximum absolute atomic E-state index is 12.8. The normalized spacial score (nSPS) is 11.8. The van der Waals surface area contributed by atoms with Crippen LogP contribution in [-0.2, 0) is 0 Å². The minimum absolute atomic E-state index is 0.205. The fraction of sp³-hybridized carbons (Fsp3) is 0.188. The predicted octanol–water partition coefficient (Wildman–Crippen LogP) is 3.33. The van der Waals surface area contributed by atoms with Crippen molar-refractivity contribution in [2.45, 2.75) is 13.0 Å². The van der Waals surface area contributed by atoms with Crippen molar-refractivity contribution >= 4 is 5.91 Å². The lowest BCUT2D eigenvalue weighted by atomic mass is 10.1. The zero-order valence-corrected chi connectivity index (χ0v) is 11.4. The third-order valence-corrected chi connectivity index (χ3v) is 3.06. The van der Waals surface area contributed by atoms with Gasteiger partial charge < -0.3 is 10.1 Å². The molecule has 1 atom stereocenters. The Kier molecular flexibility index (Phi) is 4.35. The van der Waals surface area contributed by atoms with Gasteiger partial charge in [0.1, 0.15) is 11.6 Å². The second-order valence-corrected chi connectivity index (χ2v) is 4.44. The monoisotopic (exact) mass is 273 g/mol. The molecule has 2 rings (SSSR count). The van der Waals surface area contributed by atoms with E-state index in [1.807, 2.05) is 31.2 Å². The van der Waals surface area contributed by atoms with Crippen molar-refractivity contribution in [2.75, 3.05) is 7.11 Å². The molecule has 0 aromatic heterocycles. The molecule has 0 aliphatic rings. The lowest BCUT2D eigenvalue weighted by molar-refractivity contribution is 0.0939. The molecule has 0 spiro atoms. The van der Waals surface area contributed by atoms with Crippen LogP contribution in [0.3, 0.4) is 0 Å². The van der Waals surface area contributed by atoms with Gasteiger partial charge in [-0.25, -0.2) is 4.39 Å². The van der Waals surface area contributed by atoms with Gasteiger partial charge in [0.2, 0.25) is 0 Å². The number of carbonyl (C=O) groups is 1. The molecule has 0 aliphatic heterocycles. The first kappa shape index (κ1) is 14.1. The first-order chi connectivity index (χ1) is 9.61. The van der Waals surface area contributed by atoms with Gasteiger partial charge in [0, 0.05) is 11.1 Å². The summed E-state index contributed by atoms with van der Waals surface area (Å²) in [6, 6.07) is 12.7. The van der Waals surface area contributed by atoms with Gasteiger partial charge in [0.05, 0.1) is 13.2 Å². The minimum Gasteiger partial charge on any atom is -0.496 e. The number of hydrogen-bond acceptors (Lipinski definition) is 2. The lowest BCUT2D eigenvalue weighted by Crippen LogP contribution is -2.26. The van der Waals surface area contributed by atoms with Crippen molar-refractivity contribution in [3.8, 4) is 5.75 Å². The molecule has 0 bridgehead atoms. The molecule has 1 amide bonds. The van der Waals surface area contributed by atoms with Crippen LogP contribution in [0.1, 0.15) is 28.9 Å². The highest BCUT2D eigenvalue weighted by atomic mass is 19.1. The highest BCUT2D eigenvalue weighted by molar-refractivity contribution is 5.94. The van der Waals surface area contributed by atoms with Crippen molar-refractivity contribution in [3.05, 3.63) is 65.5 Å². The lowest BCUT2D eigenvalue weighted by Gasteiger charge is -2.17. The first-order valence-electron chi connectivity index (χ1n) is 6.31. The summed E-state index contributed by atoms with van der Waals surface area (Å²) in [5.41, 5.74) is 1.32. The number of methoxy groups -OCH3 is 1. The molecule has 0 saturated heterocycles. The van der Waals surface area contributed by atoms with Crippen LogP contribution in [0, 0.1) is 5.82 Å². The van der Waals surface area contributed by atoms with Crippen LogP contribution >= 0.6 is 0 Å². The maximum atomic E-state index is 12.8. The average molecular weight is 273 g/mol. The Morgan fingerprint density at radius 3 is 2.45 bits per heavy atom. The number of rotatable bonds is 4. The summed E-state index contributed by atoms with van der Waals surface area (Å²) in [7, 11) is 1.59. The molecular formula is C16H16FNO2. The van der Waals surface area contributed by atoms with E-state index in [-0.39, 0.29) is 17.8 Å². The van der Waals surface area contributed by atoms with Crippen LogP contribution in [-0.4, -0.2) is 13.0 Å². The van der Waals surface area contributed by atoms with E-state index in [0.29, 0.717) is 5.56 Å². The Balaban J connectivity index is 2.13. The van der Waals surface area contributed by atoms with Gasteiger partial charge in [0.15, 0.2) is 0 Å². The van der Waals surface area contributed by atoms with Gasteiger partial charge in [-0.1, -0.05) is 18.2 Å². The van der Waals surface area contributed by atoms with Crippen LogP contribution < -0.4 is 10.1 Å². The largest absolute Gasteiger partial charge is 0.496 e. The second kappa shape index (κ2) is 6.19. The van der Waals surface area contributed by atoms with E-state index < -0.39 is 0 Å². The molecule has 2 aromatic rings. The highest BCUT2D eigenvalue weighted by Crippen LogP contribution is 2.24. The van der Waals surface area contributed by atoms with Crippen molar-refractivity contribution in [1.29, 1.82) is 0 Å². The van der Waals surface area contributed by atoms with Gasteiger partial charge in [-0.15, -0.1) is 0 Å². The summed E-state index contributed by atoms with van der Waals surface area (Å²) < 4.78 is 18.1. The number of amides is 1. The van der Waals surface area contributed by atoms with Crippen molar-refractivity contribution in [2.24, 2.45) is 0 Å². The molecule has 1 unspecified atom stereocenters. The van der Waals surface area contributed by atoms with Crippen LogP contribution in [0.5, 0.6) is 5.75 Å². The van der Waals surface area contributed by atoms with Crippen LogP contribution in [0.4, 0.5) is 4.39 Å². The Morgan fingerprint density at radius 2 is 1.80 bits per heavy atom. The quantitative estimate of drug-likeness (QED) is 0.928. The van der Waals surface area contributed by atoms with Gasteiger partial charge in [-0.05, 0) is 37.3 Å². The predicted molar refractivity (Wildman–Crippen MR) is 75.3 cm³/mol. The third kappa shape index (κ3) is 3.15. The van der Waals surface area contributed by atoms with Crippen LogP contribution in [0.25, 0.3) is 0 Å². The van der Waals surface area contributed by atoms with Gasteiger partial charge in [-0.3, -0.25) is 4.79 Å². The van der Waals surface area contributed by atoms with Crippen molar-refractivity contribution in [1.82, 2.24) is 5.32 Å². The summed E-state index contributed by atoms with van der Waals surface area (Å²) in [5.74, 6) is 0.113. The van der Waals surface area contributed by atoms with Crippen LogP contribution in [0.2, 0.25) is 0 Å². The van der Waals surface area contributed by atoms with E-state index in [1.165, 1.54) is 24.3 Å². The average Bonchev–Trinajstić information content (AvgIpc) is 2.47. The van der Waals surface area contributed by atoms with Gasteiger partial charge >= 0.3 is 0 Å². The minimum atomic E-state index is -0.362. The van der Waals surface area contributed by atoms with E-state index in [2.05, 4.69) is 5.32 Å². The molecule has 0 aliphatic carbocycles. The maximum Gasteiger partial charge on any atom is 0.251 e. The first-order valence-corrected chi connectivity index (χ1v) is 6.31. The smallest absolute Gasteiger partial charge is 0.251 e. The zero-order chi connectivity index (χ0) is 14.5. The zero-order valence-electron chi connectivity index (χ0n) is 11.4. The number of carbonyl (C=O) groups excluding carboxylic acids is 1. The van der Waals surface area contributed by atoms with E-state index in [9.17, 15) is 9.18 Å². The standard InChI is InChI=1S/C16H16FNO2/c1-11(14-5-3-4-6-15(14)20-2)18-16(19)12-7-9-13(17)10-8-12/h3-11H,1-2H3,(H,18,19). The topological polar surface area (TPSA) is 38.3 Å². The fourth-order valence-corrected chi connectivity index (χ4v) is 1.98. The molecule has 0 radical (unpaired) electrons. The Labute approximate surface area is 117 Å². The van der Waals surface area contributed by atoms with Gasteiger partial charge in [0.25, 0.3) is 5.91 Å². The number of halogens is 1. The van der Waals surface area contributed by atoms with E-state index >= 15 is 0 Å². The Hall–Kier alpha value is -2.36. The third-order valence-electron chi connectivity index (χ3n) is 3.06.